The minimum absolute atomic E-state index is 0.0380. The largest absolute Gasteiger partial charge is 0.300 e. The van der Waals surface area contributed by atoms with Crippen LogP contribution in [0.15, 0.2) is 24.3 Å². The lowest BCUT2D eigenvalue weighted by Crippen LogP contribution is -2.18. The smallest absolute Gasteiger partial charge is 0.129 e. The van der Waals surface area contributed by atoms with Crippen LogP contribution in [0.1, 0.15) is 39.2 Å². The van der Waals surface area contributed by atoms with Crippen molar-refractivity contribution in [2.45, 2.75) is 39.0 Å². The number of halogens is 1. The van der Waals surface area contributed by atoms with Crippen molar-refractivity contribution in [1.82, 2.24) is 0 Å². The second-order valence-corrected chi connectivity index (χ2v) is 5.03. The molecule has 1 aromatic rings. The van der Waals surface area contributed by atoms with Crippen LogP contribution >= 0.6 is 11.6 Å². The average Bonchev–Trinajstić information content (AvgIpc) is 2.16. The van der Waals surface area contributed by atoms with Gasteiger partial charge in [-0.1, -0.05) is 37.6 Å². The van der Waals surface area contributed by atoms with Gasteiger partial charge >= 0.3 is 0 Å². The maximum atomic E-state index is 11.0. The molecule has 0 radical (unpaired) electrons. The molecule has 0 aliphatic heterocycles. The number of carbonyl (C=O) groups excluding carboxylic acids is 1. The van der Waals surface area contributed by atoms with E-state index in [1.807, 2.05) is 24.3 Å². The van der Waals surface area contributed by atoms with Crippen molar-refractivity contribution in [3.63, 3.8) is 0 Å². The number of Topliss-reactive ketones (excluding diaryl/α,β-unsaturated/α-hetero) is 1. The molecule has 0 N–H and O–H groups in total. The van der Waals surface area contributed by atoms with Crippen LogP contribution in [0.25, 0.3) is 0 Å². The molecule has 2 heteroatoms. The summed E-state index contributed by atoms with van der Waals surface area (Å²) < 4.78 is 0. The first-order chi connectivity index (χ1) is 6.92. The molecule has 1 nitrogen and oxygen atoms in total. The van der Waals surface area contributed by atoms with Crippen LogP contribution < -0.4 is 0 Å². The highest BCUT2D eigenvalue weighted by Crippen LogP contribution is 2.29. The Kier molecular flexibility index (Phi) is 3.92. The van der Waals surface area contributed by atoms with Gasteiger partial charge in [-0.2, -0.15) is 0 Å². The fourth-order valence-corrected chi connectivity index (χ4v) is 1.66. The molecule has 82 valence electrons. The van der Waals surface area contributed by atoms with Gasteiger partial charge in [0.05, 0.1) is 0 Å². The normalized spacial score (nSPS) is 11.5. The molecule has 0 bridgehead atoms. The van der Waals surface area contributed by atoms with Crippen LogP contribution in [0.2, 0.25) is 5.02 Å². The van der Waals surface area contributed by atoms with Gasteiger partial charge in [0.25, 0.3) is 0 Å². The van der Waals surface area contributed by atoms with Gasteiger partial charge in [0, 0.05) is 11.4 Å². The molecule has 15 heavy (non-hydrogen) atoms. The summed E-state index contributed by atoms with van der Waals surface area (Å²) in [5.41, 5.74) is 1.27. The van der Waals surface area contributed by atoms with Crippen LogP contribution in [0.3, 0.4) is 0 Å². The molecular weight excluding hydrogens is 208 g/mol. The topological polar surface area (TPSA) is 17.1 Å². The van der Waals surface area contributed by atoms with E-state index in [2.05, 4.69) is 13.8 Å². The van der Waals surface area contributed by atoms with Crippen molar-refractivity contribution in [2.75, 3.05) is 0 Å². The van der Waals surface area contributed by atoms with Crippen molar-refractivity contribution >= 4 is 17.4 Å². The first-order valence-electron chi connectivity index (χ1n) is 5.17. The van der Waals surface area contributed by atoms with Gasteiger partial charge < -0.3 is 4.79 Å². The molecule has 0 saturated heterocycles. The van der Waals surface area contributed by atoms with E-state index in [-0.39, 0.29) is 11.2 Å². The van der Waals surface area contributed by atoms with E-state index in [0.29, 0.717) is 6.42 Å². The average molecular weight is 225 g/mol. The Balaban J connectivity index is 2.76. The Morgan fingerprint density at radius 3 is 2.27 bits per heavy atom. The summed E-state index contributed by atoms with van der Waals surface area (Å²) in [7, 11) is 0. The van der Waals surface area contributed by atoms with Gasteiger partial charge in [-0.25, -0.2) is 0 Å². The minimum Gasteiger partial charge on any atom is -0.300 e. The lowest BCUT2D eigenvalue weighted by molar-refractivity contribution is -0.117. The highest BCUT2D eigenvalue weighted by molar-refractivity contribution is 6.30. The standard InChI is InChI=1S/C13H17ClO/c1-10(15)8-9-13(2,3)11-4-6-12(14)7-5-11/h4-7H,8-9H2,1-3H3. The maximum Gasteiger partial charge on any atom is 0.129 e. The molecule has 0 amide bonds. The quantitative estimate of drug-likeness (QED) is 0.756. The second-order valence-electron chi connectivity index (χ2n) is 4.59. The summed E-state index contributed by atoms with van der Waals surface area (Å²) in [6, 6.07) is 7.85. The van der Waals surface area contributed by atoms with Crippen LogP contribution in [0.5, 0.6) is 0 Å². The van der Waals surface area contributed by atoms with Gasteiger partial charge in [0.1, 0.15) is 5.78 Å². The van der Waals surface area contributed by atoms with Crippen molar-refractivity contribution in [1.29, 1.82) is 0 Å². The van der Waals surface area contributed by atoms with E-state index in [1.165, 1.54) is 5.56 Å². The molecule has 1 rings (SSSR count). The molecule has 0 saturated carbocycles. The molecule has 0 heterocycles. The highest BCUT2D eigenvalue weighted by atomic mass is 35.5. The summed E-state index contributed by atoms with van der Waals surface area (Å²) in [4.78, 5) is 11.0. The Morgan fingerprint density at radius 2 is 1.80 bits per heavy atom. The Hall–Kier alpha value is -0.820. The lowest BCUT2D eigenvalue weighted by Gasteiger charge is -2.24. The Labute approximate surface area is 96.5 Å². The second kappa shape index (κ2) is 4.80. The zero-order valence-corrected chi connectivity index (χ0v) is 10.3. The molecule has 0 unspecified atom stereocenters. The predicted molar refractivity (Wildman–Crippen MR) is 64.4 cm³/mol. The number of hydrogen-bond donors (Lipinski definition) is 0. The Bertz CT molecular complexity index is 338. The molecule has 0 atom stereocenters. The zero-order chi connectivity index (χ0) is 11.5. The van der Waals surface area contributed by atoms with E-state index >= 15 is 0 Å². The maximum absolute atomic E-state index is 11.0. The SMILES string of the molecule is CC(=O)CCC(C)(C)c1ccc(Cl)cc1. The molecule has 0 aromatic heterocycles. The van der Waals surface area contributed by atoms with E-state index < -0.39 is 0 Å². The summed E-state index contributed by atoms with van der Waals surface area (Å²) >= 11 is 5.84. The van der Waals surface area contributed by atoms with Crippen molar-refractivity contribution in [2.24, 2.45) is 0 Å². The number of benzene rings is 1. The molecule has 1 aromatic carbocycles. The fraction of sp³-hybridized carbons (Fsp3) is 0.462. The third kappa shape index (κ3) is 3.67. The first kappa shape index (κ1) is 12.3. The predicted octanol–water partition coefficient (Wildman–Crippen LogP) is 3.99. The molecule has 0 aliphatic carbocycles. The number of hydrogen-bond acceptors (Lipinski definition) is 1. The van der Waals surface area contributed by atoms with Crippen LogP contribution in [-0.2, 0) is 10.2 Å². The number of rotatable bonds is 4. The summed E-state index contributed by atoms with van der Waals surface area (Å²) in [5, 5.41) is 0.751. The van der Waals surface area contributed by atoms with E-state index in [9.17, 15) is 4.79 Å². The van der Waals surface area contributed by atoms with E-state index in [0.717, 1.165) is 11.4 Å². The first-order valence-corrected chi connectivity index (χ1v) is 5.55. The molecular formula is C13H17ClO. The fourth-order valence-electron chi connectivity index (χ4n) is 1.53. The van der Waals surface area contributed by atoms with Gasteiger partial charge in [0.15, 0.2) is 0 Å². The number of carbonyl (C=O) groups is 1. The molecule has 0 fully saturated rings. The van der Waals surface area contributed by atoms with Crippen LogP contribution in [-0.4, -0.2) is 5.78 Å². The lowest BCUT2D eigenvalue weighted by atomic mass is 9.80. The van der Waals surface area contributed by atoms with Crippen molar-refractivity contribution in [3.05, 3.63) is 34.9 Å². The van der Waals surface area contributed by atoms with Gasteiger partial charge in [-0.15, -0.1) is 0 Å². The van der Waals surface area contributed by atoms with Gasteiger partial charge in [0.2, 0.25) is 0 Å². The van der Waals surface area contributed by atoms with Crippen LogP contribution in [0.4, 0.5) is 0 Å². The van der Waals surface area contributed by atoms with Gasteiger partial charge in [-0.05, 0) is 36.5 Å². The minimum atomic E-state index is 0.0380. The van der Waals surface area contributed by atoms with Crippen LogP contribution in [0, 0.1) is 0 Å². The monoisotopic (exact) mass is 224 g/mol. The van der Waals surface area contributed by atoms with Crippen molar-refractivity contribution in [3.8, 4) is 0 Å². The highest BCUT2D eigenvalue weighted by Gasteiger charge is 2.20. The Morgan fingerprint density at radius 1 is 1.27 bits per heavy atom. The summed E-state index contributed by atoms with van der Waals surface area (Å²) in [6.45, 7) is 5.94. The third-order valence-corrected chi connectivity index (χ3v) is 2.98. The summed E-state index contributed by atoms with van der Waals surface area (Å²) in [6.07, 6.45) is 1.51. The third-order valence-electron chi connectivity index (χ3n) is 2.73. The van der Waals surface area contributed by atoms with Gasteiger partial charge in [-0.3, -0.25) is 0 Å². The number of ketones is 1. The van der Waals surface area contributed by atoms with Crippen molar-refractivity contribution < 1.29 is 4.79 Å². The van der Waals surface area contributed by atoms with E-state index in [1.54, 1.807) is 6.92 Å². The van der Waals surface area contributed by atoms with E-state index in [4.69, 9.17) is 11.6 Å². The zero-order valence-electron chi connectivity index (χ0n) is 9.51. The molecule has 0 aliphatic rings. The molecule has 0 spiro atoms. The summed E-state index contributed by atoms with van der Waals surface area (Å²) in [5.74, 6) is 0.247.